The summed E-state index contributed by atoms with van der Waals surface area (Å²) >= 11 is 0. The van der Waals surface area contributed by atoms with Gasteiger partial charge in [0.05, 0.1) is 5.52 Å². The minimum atomic E-state index is -0.364. The highest BCUT2D eigenvalue weighted by atomic mass is 19.1. The van der Waals surface area contributed by atoms with E-state index in [1.165, 1.54) is 12.5 Å². The Morgan fingerprint density at radius 1 is 1.45 bits per heavy atom. The van der Waals surface area contributed by atoms with E-state index in [1.54, 1.807) is 16.7 Å². The molecule has 1 aromatic carbocycles. The predicted molar refractivity (Wildman–Crippen MR) is 77.4 cm³/mol. The van der Waals surface area contributed by atoms with E-state index >= 15 is 0 Å². The molecule has 2 heterocycles. The van der Waals surface area contributed by atoms with Crippen molar-refractivity contribution >= 4 is 11.0 Å². The lowest BCUT2D eigenvalue weighted by Crippen LogP contribution is -2.37. The number of rotatable bonds is 3. The van der Waals surface area contributed by atoms with Crippen molar-refractivity contribution in [3.63, 3.8) is 0 Å². The van der Waals surface area contributed by atoms with Crippen LogP contribution < -0.4 is 5.69 Å². The van der Waals surface area contributed by atoms with E-state index in [0.29, 0.717) is 23.5 Å². The topological polar surface area (TPSA) is 41.0 Å². The van der Waals surface area contributed by atoms with E-state index < -0.39 is 0 Å². The number of halogens is 1. The standard InChI is InChI=1S/C15H20FN3O/c1-2-18-8-4-5-11(9-18)10-19-13-7-3-6-12(16)14(13)17-15(19)20/h3,6-7,11H,2,4-5,8-10H2,1H3,(H,17,20). The number of piperidine rings is 1. The fourth-order valence-corrected chi connectivity index (χ4v) is 3.17. The summed E-state index contributed by atoms with van der Waals surface area (Å²) < 4.78 is 15.4. The Balaban J connectivity index is 1.89. The number of likely N-dealkylation sites (tertiary alicyclic amines) is 1. The summed E-state index contributed by atoms with van der Waals surface area (Å²) in [7, 11) is 0. The molecule has 108 valence electrons. The average molecular weight is 277 g/mol. The fraction of sp³-hybridized carbons (Fsp3) is 0.533. The third-order valence-corrected chi connectivity index (χ3v) is 4.25. The number of hydrogen-bond acceptors (Lipinski definition) is 2. The summed E-state index contributed by atoms with van der Waals surface area (Å²) in [4.78, 5) is 17.1. The van der Waals surface area contributed by atoms with E-state index in [1.807, 2.05) is 0 Å². The molecule has 0 bridgehead atoms. The van der Waals surface area contributed by atoms with Gasteiger partial charge >= 0.3 is 5.69 Å². The Morgan fingerprint density at radius 2 is 2.30 bits per heavy atom. The van der Waals surface area contributed by atoms with Gasteiger partial charge in [0, 0.05) is 13.1 Å². The van der Waals surface area contributed by atoms with Gasteiger partial charge in [0.15, 0.2) is 0 Å². The Kier molecular flexibility index (Phi) is 3.61. The Hall–Kier alpha value is -1.62. The highest BCUT2D eigenvalue weighted by Gasteiger charge is 2.21. The molecule has 20 heavy (non-hydrogen) atoms. The van der Waals surface area contributed by atoms with Crippen LogP contribution >= 0.6 is 0 Å². The second-order valence-corrected chi connectivity index (χ2v) is 5.58. The van der Waals surface area contributed by atoms with Crippen LogP contribution in [-0.4, -0.2) is 34.1 Å². The molecule has 1 N–H and O–H groups in total. The van der Waals surface area contributed by atoms with Gasteiger partial charge in [-0.2, -0.15) is 0 Å². The molecule has 0 aliphatic carbocycles. The zero-order valence-corrected chi connectivity index (χ0v) is 11.7. The lowest BCUT2D eigenvalue weighted by Gasteiger charge is -2.31. The molecular weight excluding hydrogens is 257 g/mol. The largest absolute Gasteiger partial charge is 0.326 e. The molecule has 1 aliphatic rings. The maximum absolute atomic E-state index is 13.7. The average Bonchev–Trinajstić information content (AvgIpc) is 2.78. The minimum absolute atomic E-state index is 0.210. The Morgan fingerprint density at radius 3 is 3.10 bits per heavy atom. The van der Waals surface area contributed by atoms with Gasteiger partial charge in [-0.15, -0.1) is 0 Å². The summed E-state index contributed by atoms with van der Waals surface area (Å²) in [5.41, 5.74) is 0.781. The van der Waals surface area contributed by atoms with Crippen LogP contribution in [0.2, 0.25) is 0 Å². The molecule has 0 saturated carbocycles. The number of H-pyrrole nitrogens is 1. The normalized spacial score (nSPS) is 20.6. The Labute approximate surface area is 117 Å². The number of hydrogen-bond donors (Lipinski definition) is 1. The first-order valence-corrected chi connectivity index (χ1v) is 7.28. The third kappa shape index (κ3) is 2.38. The number of nitrogens with zero attached hydrogens (tertiary/aromatic N) is 2. The number of para-hydroxylation sites is 1. The molecule has 5 heteroatoms. The van der Waals surface area contributed by atoms with Crippen LogP contribution in [0.4, 0.5) is 4.39 Å². The van der Waals surface area contributed by atoms with E-state index in [2.05, 4.69) is 16.8 Å². The minimum Gasteiger partial charge on any atom is -0.303 e. The van der Waals surface area contributed by atoms with Crippen LogP contribution in [0.15, 0.2) is 23.0 Å². The number of benzene rings is 1. The van der Waals surface area contributed by atoms with Crippen molar-refractivity contribution in [1.82, 2.24) is 14.5 Å². The number of aromatic amines is 1. The number of aromatic nitrogens is 2. The van der Waals surface area contributed by atoms with E-state index in [4.69, 9.17) is 0 Å². The highest BCUT2D eigenvalue weighted by molar-refractivity contribution is 5.75. The van der Waals surface area contributed by atoms with Gasteiger partial charge in [0.25, 0.3) is 0 Å². The molecule has 1 aromatic heterocycles. The number of imidazole rings is 1. The molecule has 0 amide bonds. The zero-order chi connectivity index (χ0) is 14.1. The second-order valence-electron chi connectivity index (χ2n) is 5.58. The van der Waals surface area contributed by atoms with Crippen LogP contribution in [0.25, 0.3) is 11.0 Å². The van der Waals surface area contributed by atoms with Gasteiger partial charge in [0.2, 0.25) is 0 Å². The predicted octanol–water partition coefficient (Wildman–Crippen LogP) is 2.20. The first kappa shape index (κ1) is 13.4. The van der Waals surface area contributed by atoms with Crippen LogP contribution in [0.3, 0.4) is 0 Å². The summed E-state index contributed by atoms with van der Waals surface area (Å²) in [6, 6.07) is 4.83. The first-order valence-electron chi connectivity index (χ1n) is 7.28. The summed E-state index contributed by atoms with van der Waals surface area (Å²) in [6.45, 7) is 6.04. The quantitative estimate of drug-likeness (QED) is 0.934. The van der Waals surface area contributed by atoms with E-state index in [9.17, 15) is 9.18 Å². The molecule has 2 aromatic rings. The van der Waals surface area contributed by atoms with Crippen LogP contribution in [0, 0.1) is 11.7 Å². The third-order valence-electron chi connectivity index (χ3n) is 4.25. The zero-order valence-electron chi connectivity index (χ0n) is 11.7. The maximum Gasteiger partial charge on any atom is 0.326 e. The van der Waals surface area contributed by atoms with Crippen molar-refractivity contribution in [2.24, 2.45) is 5.92 Å². The summed E-state index contributed by atoms with van der Waals surface area (Å²) in [5.74, 6) is 0.0980. The van der Waals surface area contributed by atoms with Crippen LogP contribution in [0.5, 0.6) is 0 Å². The monoisotopic (exact) mass is 277 g/mol. The van der Waals surface area contributed by atoms with Crippen LogP contribution in [-0.2, 0) is 6.54 Å². The van der Waals surface area contributed by atoms with Gasteiger partial charge < -0.3 is 9.88 Å². The van der Waals surface area contributed by atoms with E-state index in [0.717, 1.165) is 26.1 Å². The van der Waals surface area contributed by atoms with Gasteiger partial charge in [-0.05, 0) is 44.0 Å². The SMILES string of the molecule is CCN1CCCC(Cn2c(=O)[nH]c3c(F)cccc32)C1. The van der Waals surface area contributed by atoms with Gasteiger partial charge in [-0.25, -0.2) is 9.18 Å². The molecule has 1 saturated heterocycles. The lowest BCUT2D eigenvalue weighted by molar-refractivity contribution is 0.170. The van der Waals surface area contributed by atoms with Crippen molar-refractivity contribution in [2.45, 2.75) is 26.3 Å². The van der Waals surface area contributed by atoms with Crippen molar-refractivity contribution < 1.29 is 4.39 Å². The van der Waals surface area contributed by atoms with Gasteiger partial charge in [-0.1, -0.05) is 13.0 Å². The summed E-state index contributed by atoms with van der Waals surface area (Å²) in [6.07, 6.45) is 2.30. The molecular formula is C15H20FN3O. The molecule has 0 radical (unpaired) electrons. The van der Waals surface area contributed by atoms with Crippen LogP contribution in [0.1, 0.15) is 19.8 Å². The van der Waals surface area contributed by atoms with Crippen molar-refractivity contribution in [2.75, 3.05) is 19.6 Å². The van der Waals surface area contributed by atoms with Gasteiger partial charge in [-0.3, -0.25) is 4.57 Å². The highest BCUT2D eigenvalue weighted by Crippen LogP contribution is 2.20. The van der Waals surface area contributed by atoms with Crippen molar-refractivity contribution in [3.8, 4) is 0 Å². The molecule has 3 rings (SSSR count). The second kappa shape index (κ2) is 5.40. The Bertz CT molecular complexity index is 661. The number of fused-ring (bicyclic) bond motifs is 1. The number of nitrogens with one attached hydrogen (secondary N) is 1. The molecule has 0 spiro atoms. The first-order chi connectivity index (χ1) is 9.69. The molecule has 1 aliphatic heterocycles. The molecule has 4 nitrogen and oxygen atoms in total. The lowest BCUT2D eigenvalue weighted by atomic mass is 9.98. The smallest absolute Gasteiger partial charge is 0.303 e. The maximum atomic E-state index is 13.7. The summed E-state index contributed by atoms with van der Waals surface area (Å²) in [5, 5.41) is 0. The van der Waals surface area contributed by atoms with Crippen molar-refractivity contribution in [1.29, 1.82) is 0 Å². The molecule has 1 fully saturated rings. The van der Waals surface area contributed by atoms with Gasteiger partial charge in [0.1, 0.15) is 11.3 Å². The molecule has 1 unspecified atom stereocenters. The fourth-order valence-electron chi connectivity index (χ4n) is 3.17. The van der Waals surface area contributed by atoms with Crippen molar-refractivity contribution in [3.05, 3.63) is 34.5 Å². The molecule has 1 atom stereocenters. The van der Waals surface area contributed by atoms with E-state index in [-0.39, 0.29) is 11.5 Å².